The zero-order valence-electron chi connectivity index (χ0n) is 14.6. The quantitative estimate of drug-likeness (QED) is 0.263. The summed E-state index contributed by atoms with van der Waals surface area (Å²) < 4.78 is 9.56. The summed E-state index contributed by atoms with van der Waals surface area (Å²) in [6, 6.07) is 8.83. The van der Waals surface area contributed by atoms with E-state index in [1.165, 1.54) is 0 Å². The van der Waals surface area contributed by atoms with Gasteiger partial charge < -0.3 is 25.6 Å². The first-order valence-corrected chi connectivity index (χ1v) is 8.52. The van der Waals surface area contributed by atoms with Gasteiger partial charge in [0.05, 0.1) is 12.6 Å². The van der Waals surface area contributed by atoms with Gasteiger partial charge in [-0.25, -0.2) is 4.79 Å². The molecule has 2 rings (SSSR count). The highest BCUT2D eigenvalue weighted by atomic mass is 16.6. The number of aliphatic carboxylic acids is 1. The number of hydrogen-bond donors (Lipinski definition) is 3. The van der Waals surface area contributed by atoms with Crippen molar-refractivity contribution in [2.75, 3.05) is 13.2 Å². The average Bonchev–Trinajstić information content (AvgIpc) is 3.45. The predicted octanol–water partition coefficient (Wildman–Crippen LogP) is -0.583. The molecule has 0 spiro atoms. The number of carboxylic acid groups (broad SMARTS) is 1. The molecular formula is C18H22N2O7. The van der Waals surface area contributed by atoms with Crippen LogP contribution in [0.4, 0.5) is 0 Å². The lowest BCUT2D eigenvalue weighted by Crippen LogP contribution is -2.35. The van der Waals surface area contributed by atoms with Gasteiger partial charge in [0, 0.05) is 6.42 Å². The molecule has 146 valence electrons. The van der Waals surface area contributed by atoms with Gasteiger partial charge in [-0.1, -0.05) is 30.3 Å². The van der Waals surface area contributed by atoms with Gasteiger partial charge >= 0.3 is 11.9 Å². The number of esters is 1. The molecule has 27 heavy (non-hydrogen) atoms. The largest absolute Gasteiger partial charge is 0.479 e. The van der Waals surface area contributed by atoms with Crippen LogP contribution in [0.5, 0.6) is 0 Å². The van der Waals surface area contributed by atoms with Crippen LogP contribution in [0.2, 0.25) is 0 Å². The zero-order chi connectivity index (χ0) is 19.8. The first-order valence-electron chi connectivity index (χ1n) is 8.52. The molecule has 0 unspecified atom stereocenters. The van der Waals surface area contributed by atoms with Crippen molar-refractivity contribution in [1.29, 1.82) is 0 Å². The Morgan fingerprint density at radius 1 is 1.19 bits per heavy atom. The lowest BCUT2D eigenvalue weighted by atomic mass is 10.0. The van der Waals surface area contributed by atoms with Gasteiger partial charge in [-0.2, -0.15) is 0 Å². The van der Waals surface area contributed by atoms with E-state index >= 15 is 0 Å². The minimum atomic E-state index is -1.23. The zero-order valence-corrected chi connectivity index (χ0v) is 14.6. The smallest absolute Gasteiger partial charge is 0.336 e. The third-order valence-electron chi connectivity index (χ3n) is 3.94. The van der Waals surface area contributed by atoms with Crippen molar-refractivity contribution in [3.8, 4) is 0 Å². The number of ketones is 1. The van der Waals surface area contributed by atoms with Crippen molar-refractivity contribution in [1.82, 2.24) is 5.32 Å². The average molecular weight is 378 g/mol. The summed E-state index contributed by atoms with van der Waals surface area (Å²) in [7, 11) is 0. The molecule has 1 heterocycles. The lowest BCUT2D eigenvalue weighted by molar-refractivity contribution is -0.144. The first kappa shape index (κ1) is 20.5. The van der Waals surface area contributed by atoms with E-state index in [0.717, 1.165) is 5.56 Å². The van der Waals surface area contributed by atoms with Gasteiger partial charge in [-0.15, -0.1) is 0 Å². The number of nitrogens with two attached hydrogens (primary N) is 1. The Labute approximate surface area is 155 Å². The monoisotopic (exact) mass is 378 g/mol. The molecule has 0 bridgehead atoms. The Balaban J connectivity index is 1.55. The molecule has 1 aromatic rings. The minimum Gasteiger partial charge on any atom is -0.479 e. The number of Topliss-reactive ketones (excluding diaryl/α,β-unsaturated/α-hetero) is 1. The van der Waals surface area contributed by atoms with E-state index in [2.05, 4.69) is 10.1 Å². The molecule has 0 radical (unpaired) electrons. The third-order valence-corrected chi connectivity index (χ3v) is 3.94. The molecule has 1 aromatic carbocycles. The van der Waals surface area contributed by atoms with Crippen LogP contribution < -0.4 is 11.1 Å². The maximum atomic E-state index is 12.0. The van der Waals surface area contributed by atoms with Crippen molar-refractivity contribution in [2.24, 2.45) is 5.73 Å². The molecule has 1 saturated heterocycles. The first-order chi connectivity index (χ1) is 12.9. The molecule has 1 aliphatic rings. The van der Waals surface area contributed by atoms with Crippen LogP contribution in [0.3, 0.4) is 0 Å². The number of amides is 1. The van der Waals surface area contributed by atoms with Crippen LogP contribution in [0.25, 0.3) is 0 Å². The van der Waals surface area contributed by atoms with E-state index in [1.54, 1.807) is 0 Å². The number of epoxide rings is 1. The number of carbonyl (C=O) groups excluding carboxylic acids is 3. The topological polar surface area (TPSA) is 148 Å². The summed E-state index contributed by atoms with van der Waals surface area (Å²) >= 11 is 0. The van der Waals surface area contributed by atoms with E-state index in [9.17, 15) is 19.2 Å². The van der Waals surface area contributed by atoms with Crippen molar-refractivity contribution in [3.05, 3.63) is 35.9 Å². The van der Waals surface area contributed by atoms with E-state index in [-0.39, 0.29) is 18.8 Å². The Morgan fingerprint density at radius 2 is 1.89 bits per heavy atom. The number of nitrogens with one attached hydrogen (secondary N) is 1. The fourth-order valence-electron chi connectivity index (χ4n) is 2.41. The SMILES string of the molecule is N[C@@H](Cc1ccccc1)C(=O)CCCOC(=O)CNC(=O)[C@H]1O[C@@H]1C(=O)O. The van der Waals surface area contributed by atoms with Gasteiger partial charge in [0.2, 0.25) is 0 Å². The Morgan fingerprint density at radius 3 is 2.52 bits per heavy atom. The van der Waals surface area contributed by atoms with Crippen molar-refractivity contribution >= 4 is 23.6 Å². The van der Waals surface area contributed by atoms with Crippen LogP contribution in [-0.2, 0) is 35.1 Å². The van der Waals surface area contributed by atoms with E-state index < -0.39 is 42.6 Å². The predicted molar refractivity (Wildman–Crippen MR) is 92.6 cm³/mol. The third kappa shape index (κ3) is 6.80. The molecular weight excluding hydrogens is 356 g/mol. The molecule has 9 heteroatoms. The van der Waals surface area contributed by atoms with Crippen LogP contribution in [0.15, 0.2) is 30.3 Å². The van der Waals surface area contributed by atoms with Crippen LogP contribution in [0.1, 0.15) is 18.4 Å². The van der Waals surface area contributed by atoms with Crippen LogP contribution >= 0.6 is 0 Å². The van der Waals surface area contributed by atoms with Crippen molar-refractivity contribution in [3.63, 3.8) is 0 Å². The number of carbonyl (C=O) groups is 4. The highest BCUT2D eigenvalue weighted by molar-refractivity contribution is 5.93. The summed E-state index contributed by atoms with van der Waals surface area (Å²) in [5.74, 6) is -2.71. The number of hydrogen-bond acceptors (Lipinski definition) is 7. The second kappa shape index (κ2) is 9.79. The molecule has 1 amide bonds. The molecule has 9 nitrogen and oxygen atoms in total. The molecule has 4 N–H and O–H groups in total. The highest BCUT2D eigenvalue weighted by Gasteiger charge is 2.50. The van der Waals surface area contributed by atoms with Gasteiger partial charge in [0.15, 0.2) is 12.2 Å². The summed E-state index contributed by atoms with van der Waals surface area (Å²) in [5, 5.41) is 10.9. The van der Waals surface area contributed by atoms with Gasteiger partial charge in [0.1, 0.15) is 12.3 Å². The van der Waals surface area contributed by atoms with E-state index in [1.807, 2.05) is 30.3 Å². The maximum Gasteiger partial charge on any atom is 0.336 e. The summed E-state index contributed by atoms with van der Waals surface area (Å²) in [5.41, 5.74) is 6.86. The minimum absolute atomic E-state index is 0.0240. The van der Waals surface area contributed by atoms with Crippen molar-refractivity contribution < 1.29 is 33.8 Å². The Kier molecular flexibility index (Phi) is 7.44. The molecule has 0 aliphatic carbocycles. The normalized spacial score (nSPS) is 19.0. The molecule has 0 saturated carbocycles. The lowest BCUT2D eigenvalue weighted by Gasteiger charge is -2.11. The van der Waals surface area contributed by atoms with Crippen molar-refractivity contribution in [2.45, 2.75) is 37.5 Å². The van der Waals surface area contributed by atoms with Crippen LogP contribution in [0, 0.1) is 0 Å². The van der Waals surface area contributed by atoms with E-state index in [0.29, 0.717) is 12.8 Å². The highest BCUT2D eigenvalue weighted by Crippen LogP contribution is 2.21. The number of benzene rings is 1. The number of carboxylic acids is 1. The van der Waals surface area contributed by atoms with Gasteiger partial charge in [-0.3, -0.25) is 14.4 Å². The Bertz CT molecular complexity index is 692. The second-order valence-corrected chi connectivity index (χ2v) is 6.12. The van der Waals surface area contributed by atoms with Gasteiger partial charge in [-0.05, 0) is 18.4 Å². The summed E-state index contributed by atoms with van der Waals surface area (Å²) in [6.45, 7) is -0.372. The Hall–Kier alpha value is -2.78. The maximum absolute atomic E-state index is 12.0. The molecule has 0 aromatic heterocycles. The van der Waals surface area contributed by atoms with Gasteiger partial charge in [0.25, 0.3) is 5.91 Å². The standard InChI is InChI=1S/C18H22N2O7/c19-12(9-11-5-2-1-3-6-11)13(21)7-4-8-26-14(22)10-20-17(23)15-16(27-15)18(24)25/h1-3,5-6,12,15-16H,4,7-10,19H2,(H,20,23)(H,24,25)/t12-,15-,16-/m0/s1. The fraction of sp³-hybridized carbons (Fsp3) is 0.444. The molecule has 3 atom stereocenters. The van der Waals surface area contributed by atoms with E-state index in [4.69, 9.17) is 15.6 Å². The molecule has 1 fully saturated rings. The van der Waals surface area contributed by atoms with Crippen LogP contribution in [-0.4, -0.2) is 60.1 Å². The fourth-order valence-corrected chi connectivity index (χ4v) is 2.41. The number of rotatable bonds is 11. The number of ether oxygens (including phenoxy) is 2. The molecule has 1 aliphatic heterocycles. The second-order valence-electron chi connectivity index (χ2n) is 6.12. The summed E-state index contributed by atoms with van der Waals surface area (Å²) in [4.78, 5) is 45.6. The summed E-state index contributed by atoms with van der Waals surface area (Å²) in [6.07, 6.45) is -1.27.